The highest BCUT2D eigenvalue weighted by Gasteiger charge is 2.32. The van der Waals surface area contributed by atoms with Crippen LogP contribution in [-0.2, 0) is 0 Å². The molecule has 0 radical (unpaired) electrons. The van der Waals surface area contributed by atoms with Crippen LogP contribution >= 0.6 is 0 Å². The zero-order chi connectivity index (χ0) is 20.8. The molecule has 4 aromatic carbocycles. The summed E-state index contributed by atoms with van der Waals surface area (Å²) in [5, 5.41) is 14.8. The van der Waals surface area contributed by atoms with Gasteiger partial charge in [-0.2, -0.15) is 0 Å². The van der Waals surface area contributed by atoms with Crippen LogP contribution in [0.3, 0.4) is 0 Å². The number of methoxy groups -OCH3 is 2. The normalized spacial score (nSPS) is 18.1. The van der Waals surface area contributed by atoms with Crippen molar-refractivity contribution >= 4 is 21.5 Å². The average Bonchev–Trinajstić information content (AvgIpc) is 2.79. The van der Waals surface area contributed by atoms with Gasteiger partial charge in [0.25, 0.3) is 0 Å². The Bertz CT molecular complexity index is 1260. The van der Waals surface area contributed by atoms with Gasteiger partial charge in [-0.3, -0.25) is 0 Å². The summed E-state index contributed by atoms with van der Waals surface area (Å²) >= 11 is 0. The second kappa shape index (κ2) is 7.13. The van der Waals surface area contributed by atoms with Crippen molar-refractivity contribution in [3.8, 4) is 23.0 Å². The average molecular weight is 400 g/mol. The van der Waals surface area contributed by atoms with Gasteiger partial charge in [0, 0.05) is 32.7 Å². The number of benzene rings is 4. The SMILES string of the molecule is COc1cc([C@@H]2C[C@H](C)c3cc(OC)c4ccccc4c3O2)c(O)c2ccccc12. The molecule has 1 heterocycles. The lowest BCUT2D eigenvalue weighted by Gasteiger charge is -2.33. The van der Waals surface area contributed by atoms with Crippen molar-refractivity contribution in [1.82, 2.24) is 0 Å². The minimum atomic E-state index is -0.275. The Balaban J connectivity index is 1.69. The molecule has 30 heavy (non-hydrogen) atoms. The van der Waals surface area contributed by atoms with Crippen molar-refractivity contribution in [2.45, 2.75) is 25.4 Å². The third-order valence-electron chi connectivity index (χ3n) is 6.14. The quantitative estimate of drug-likeness (QED) is 0.436. The molecule has 0 saturated heterocycles. The van der Waals surface area contributed by atoms with E-state index in [-0.39, 0.29) is 17.8 Å². The van der Waals surface area contributed by atoms with Gasteiger partial charge in [0.2, 0.25) is 0 Å². The van der Waals surface area contributed by atoms with E-state index in [4.69, 9.17) is 14.2 Å². The maximum absolute atomic E-state index is 11.1. The Morgan fingerprint density at radius 1 is 0.800 bits per heavy atom. The first-order valence-corrected chi connectivity index (χ1v) is 10.2. The monoisotopic (exact) mass is 400 g/mol. The Morgan fingerprint density at radius 3 is 1.97 bits per heavy atom. The molecule has 0 amide bonds. The van der Waals surface area contributed by atoms with Crippen LogP contribution in [0.15, 0.2) is 60.7 Å². The highest BCUT2D eigenvalue weighted by molar-refractivity contribution is 5.96. The number of phenols is 1. The number of phenolic OH excluding ortho intramolecular Hbond substituents is 1. The van der Waals surface area contributed by atoms with E-state index in [1.165, 1.54) is 0 Å². The number of hydrogen-bond acceptors (Lipinski definition) is 4. The van der Waals surface area contributed by atoms with E-state index < -0.39 is 0 Å². The van der Waals surface area contributed by atoms with E-state index in [2.05, 4.69) is 19.1 Å². The van der Waals surface area contributed by atoms with E-state index in [9.17, 15) is 5.11 Å². The van der Waals surface area contributed by atoms with Crippen LogP contribution in [0.1, 0.15) is 36.5 Å². The zero-order valence-corrected chi connectivity index (χ0v) is 17.3. The predicted octanol–water partition coefficient (Wildman–Crippen LogP) is 6.34. The summed E-state index contributed by atoms with van der Waals surface area (Å²) in [6.45, 7) is 2.19. The maximum atomic E-state index is 11.1. The second-order valence-electron chi connectivity index (χ2n) is 7.85. The van der Waals surface area contributed by atoms with Gasteiger partial charge in [-0.05, 0) is 24.5 Å². The lowest BCUT2D eigenvalue weighted by atomic mass is 9.86. The van der Waals surface area contributed by atoms with Gasteiger partial charge in [0.15, 0.2) is 0 Å². The van der Waals surface area contributed by atoms with Gasteiger partial charge in [0.1, 0.15) is 29.1 Å². The number of fused-ring (bicyclic) bond motifs is 4. The molecule has 2 atom stereocenters. The van der Waals surface area contributed by atoms with Gasteiger partial charge in [-0.25, -0.2) is 0 Å². The molecule has 4 heteroatoms. The van der Waals surface area contributed by atoms with Crippen molar-refractivity contribution in [3.05, 3.63) is 71.8 Å². The van der Waals surface area contributed by atoms with Crippen molar-refractivity contribution in [2.75, 3.05) is 14.2 Å². The first-order valence-electron chi connectivity index (χ1n) is 10.2. The molecule has 1 aliphatic heterocycles. The van der Waals surface area contributed by atoms with Gasteiger partial charge in [-0.15, -0.1) is 0 Å². The molecule has 4 aromatic rings. The van der Waals surface area contributed by atoms with Crippen LogP contribution in [0.25, 0.3) is 21.5 Å². The van der Waals surface area contributed by atoms with Crippen LogP contribution in [0, 0.1) is 0 Å². The lowest BCUT2D eigenvalue weighted by Crippen LogP contribution is -2.18. The van der Waals surface area contributed by atoms with Gasteiger partial charge in [-0.1, -0.05) is 55.5 Å². The van der Waals surface area contributed by atoms with Crippen molar-refractivity contribution < 1.29 is 19.3 Å². The molecule has 0 fully saturated rings. The van der Waals surface area contributed by atoms with Crippen LogP contribution in [0.2, 0.25) is 0 Å². The van der Waals surface area contributed by atoms with E-state index in [1.807, 2.05) is 48.5 Å². The highest BCUT2D eigenvalue weighted by Crippen LogP contribution is 2.50. The smallest absolute Gasteiger partial charge is 0.131 e. The van der Waals surface area contributed by atoms with Crippen LogP contribution < -0.4 is 14.2 Å². The van der Waals surface area contributed by atoms with E-state index in [1.54, 1.807) is 14.2 Å². The van der Waals surface area contributed by atoms with E-state index in [0.29, 0.717) is 0 Å². The molecule has 5 rings (SSSR count). The molecule has 0 unspecified atom stereocenters. The molecule has 0 aromatic heterocycles. The molecule has 0 spiro atoms. The van der Waals surface area contributed by atoms with Gasteiger partial charge in [0.05, 0.1) is 14.2 Å². The minimum absolute atomic E-state index is 0.245. The molecule has 1 aliphatic rings. The Hall–Kier alpha value is -3.40. The number of hydrogen-bond donors (Lipinski definition) is 1. The summed E-state index contributed by atoms with van der Waals surface area (Å²) in [4.78, 5) is 0. The Morgan fingerprint density at radius 2 is 1.33 bits per heavy atom. The second-order valence-corrected chi connectivity index (χ2v) is 7.85. The summed E-state index contributed by atoms with van der Waals surface area (Å²) < 4.78 is 17.8. The third-order valence-corrected chi connectivity index (χ3v) is 6.14. The largest absolute Gasteiger partial charge is 0.507 e. The summed E-state index contributed by atoms with van der Waals surface area (Å²) in [6.07, 6.45) is 0.478. The molecule has 0 saturated carbocycles. The van der Waals surface area contributed by atoms with Gasteiger partial charge < -0.3 is 19.3 Å². The fraction of sp³-hybridized carbons (Fsp3) is 0.231. The fourth-order valence-electron chi connectivity index (χ4n) is 4.59. The molecular formula is C26H24O4. The molecule has 0 bridgehead atoms. The van der Waals surface area contributed by atoms with Crippen LogP contribution in [0.5, 0.6) is 23.0 Å². The van der Waals surface area contributed by atoms with Crippen molar-refractivity contribution in [1.29, 1.82) is 0 Å². The molecule has 4 nitrogen and oxygen atoms in total. The standard InChI is InChI=1S/C26H24O4/c1-15-12-24(21-14-23(29-3)16-8-4-6-10-18(16)25(21)27)30-26-19-11-7-5-9-17(19)22(28-2)13-20(15)26/h4-11,13-15,24,27H,12H2,1-3H3/t15-,24-/m0/s1. The lowest BCUT2D eigenvalue weighted by molar-refractivity contribution is 0.163. The number of ether oxygens (including phenoxy) is 3. The zero-order valence-electron chi connectivity index (χ0n) is 17.3. The molecule has 152 valence electrons. The Labute approximate surface area is 175 Å². The number of rotatable bonds is 3. The fourth-order valence-corrected chi connectivity index (χ4v) is 4.59. The third kappa shape index (κ3) is 2.75. The van der Waals surface area contributed by atoms with Crippen molar-refractivity contribution in [3.63, 3.8) is 0 Å². The Kier molecular flexibility index (Phi) is 4.43. The van der Waals surface area contributed by atoms with E-state index in [0.717, 1.165) is 56.3 Å². The van der Waals surface area contributed by atoms with E-state index >= 15 is 0 Å². The number of aromatic hydroxyl groups is 1. The molecule has 0 aliphatic carbocycles. The maximum Gasteiger partial charge on any atom is 0.131 e. The topological polar surface area (TPSA) is 47.9 Å². The highest BCUT2D eigenvalue weighted by atomic mass is 16.5. The van der Waals surface area contributed by atoms with Crippen molar-refractivity contribution in [2.24, 2.45) is 0 Å². The first kappa shape index (κ1) is 18.6. The predicted molar refractivity (Wildman–Crippen MR) is 119 cm³/mol. The summed E-state index contributed by atoms with van der Waals surface area (Å²) in [5.41, 5.74) is 1.89. The first-order chi connectivity index (χ1) is 14.6. The van der Waals surface area contributed by atoms with Gasteiger partial charge >= 0.3 is 0 Å². The summed E-state index contributed by atoms with van der Waals surface area (Å²) in [5.74, 6) is 2.95. The minimum Gasteiger partial charge on any atom is -0.507 e. The molecular weight excluding hydrogens is 376 g/mol. The summed E-state index contributed by atoms with van der Waals surface area (Å²) in [7, 11) is 3.35. The van der Waals surface area contributed by atoms with Crippen LogP contribution in [0.4, 0.5) is 0 Å². The van der Waals surface area contributed by atoms with Crippen LogP contribution in [-0.4, -0.2) is 19.3 Å². The summed E-state index contributed by atoms with van der Waals surface area (Å²) in [6, 6.07) is 19.8. The molecule has 1 N–H and O–H groups in total.